The first kappa shape index (κ1) is 18.4. The summed E-state index contributed by atoms with van der Waals surface area (Å²) in [5.74, 6) is -0.315. The van der Waals surface area contributed by atoms with Crippen LogP contribution in [0.15, 0.2) is 55.1 Å². The maximum atomic E-state index is 12.8. The van der Waals surface area contributed by atoms with Crippen LogP contribution in [0.1, 0.15) is 59.2 Å². The lowest BCUT2D eigenvalue weighted by atomic mass is 9.94. The topological polar surface area (TPSA) is 55.2 Å². The number of carbonyl (C=O) groups is 2. The molecule has 4 rings (SSSR count). The van der Waals surface area contributed by atoms with Crippen molar-refractivity contribution in [3.63, 3.8) is 0 Å². The van der Waals surface area contributed by atoms with Crippen LogP contribution in [-0.4, -0.2) is 32.8 Å². The average Bonchev–Trinajstić information content (AvgIpc) is 3.23. The van der Waals surface area contributed by atoms with Crippen LogP contribution in [0, 0.1) is 0 Å². The van der Waals surface area contributed by atoms with Crippen LogP contribution in [0.25, 0.3) is 10.8 Å². The molecule has 0 aliphatic carbocycles. The van der Waals surface area contributed by atoms with Crippen LogP contribution in [0.4, 0.5) is 0 Å². The van der Waals surface area contributed by atoms with E-state index in [1.165, 1.54) is 17.7 Å². The first-order chi connectivity index (χ1) is 13.8. The summed E-state index contributed by atoms with van der Waals surface area (Å²) < 4.78 is 2.10. The molecule has 0 fully saturated rings. The average molecular weight is 375 g/mol. The Labute approximate surface area is 165 Å². The number of unbranched alkanes of at least 4 members (excludes halogenated alkanes) is 5. The van der Waals surface area contributed by atoms with Gasteiger partial charge in [-0.2, -0.15) is 0 Å². The van der Waals surface area contributed by atoms with Crippen molar-refractivity contribution in [3.8, 4) is 0 Å². The Morgan fingerprint density at radius 1 is 0.750 bits per heavy atom. The predicted molar refractivity (Wildman–Crippen MR) is 109 cm³/mol. The smallest absolute Gasteiger partial charge is 0.261 e. The molecule has 0 unspecified atom stereocenters. The van der Waals surface area contributed by atoms with Gasteiger partial charge in [0.2, 0.25) is 0 Å². The summed E-state index contributed by atoms with van der Waals surface area (Å²) in [7, 11) is 0. The molecule has 28 heavy (non-hydrogen) atoms. The Bertz CT molecular complexity index is 928. The maximum absolute atomic E-state index is 12.8. The van der Waals surface area contributed by atoms with E-state index < -0.39 is 0 Å². The molecule has 0 saturated carbocycles. The number of aryl methyl sites for hydroxylation is 1. The van der Waals surface area contributed by atoms with Gasteiger partial charge in [-0.15, -0.1) is 0 Å². The van der Waals surface area contributed by atoms with Gasteiger partial charge in [-0.3, -0.25) is 14.5 Å². The van der Waals surface area contributed by atoms with Gasteiger partial charge in [-0.1, -0.05) is 49.9 Å². The quantitative estimate of drug-likeness (QED) is 0.403. The summed E-state index contributed by atoms with van der Waals surface area (Å²) in [5, 5.41) is 1.75. The molecule has 1 aliphatic heterocycles. The lowest BCUT2D eigenvalue weighted by molar-refractivity contribution is 0.0607. The number of amides is 2. The number of imide groups is 1. The maximum Gasteiger partial charge on any atom is 0.261 e. The molecule has 5 heteroatoms. The summed E-state index contributed by atoms with van der Waals surface area (Å²) in [5.41, 5.74) is 1.29. The zero-order valence-corrected chi connectivity index (χ0v) is 16.0. The summed E-state index contributed by atoms with van der Waals surface area (Å²) in [6, 6.07) is 11.3. The number of hydrogen-bond acceptors (Lipinski definition) is 3. The second-order valence-corrected chi connectivity index (χ2v) is 7.39. The Balaban J connectivity index is 1.25. The van der Waals surface area contributed by atoms with Gasteiger partial charge in [-0.25, -0.2) is 4.98 Å². The zero-order valence-electron chi connectivity index (χ0n) is 16.0. The number of aromatic nitrogens is 2. The minimum absolute atomic E-state index is 0.158. The molecular formula is C23H25N3O2. The second kappa shape index (κ2) is 8.38. The third-order valence-corrected chi connectivity index (χ3v) is 5.46. The Kier molecular flexibility index (Phi) is 5.51. The molecule has 1 aliphatic rings. The van der Waals surface area contributed by atoms with Gasteiger partial charge < -0.3 is 4.57 Å². The van der Waals surface area contributed by atoms with Crippen molar-refractivity contribution in [3.05, 3.63) is 66.2 Å². The Morgan fingerprint density at radius 2 is 1.36 bits per heavy atom. The predicted octanol–water partition coefficient (Wildman–Crippen LogP) is 4.67. The molecule has 3 aromatic rings. The summed E-state index contributed by atoms with van der Waals surface area (Å²) in [6.45, 7) is 1.51. The standard InChI is InChI=1S/C23H25N3O2/c27-22-19-11-7-9-18-10-8-12-20(21(18)19)23(28)26(22)15-6-4-2-1-3-5-14-25-16-13-24-17-25/h7-13,16-17H,1-6,14-15H2. The number of rotatable bonds is 9. The van der Waals surface area contributed by atoms with E-state index in [2.05, 4.69) is 9.55 Å². The van der Waals surface area contributed by atoms with E-state index in [-0.39, 0.29) is 11.8 Å². The molecule has 1 aromatic heterocycles. The number of imidazole rings is 1. The number of nitrogens with zero attached hydrogens (tertiary/aromatic N) is 3. The van der Waals surface area contributed by atoms with Gasteiger partial charge in [0.15, 0.2) is 0 Å². The summed E-state index contributed by atoms with van der Waals surface area (Å²) in [4.78, 5) is 31.1. The van der Waals surface area contributed by atoms with Gasteiger partial charge >= 0.3 is 0 Å². The van der Waals surface area contributed by atoms with Gasteiger partial charge in [0.05, 0.1) is 6.33 Å². The van der Waals surface area contributed by atoms with Crippen LogP contribution >= 0.6 is 0 Å². The van der Waals surface area contributed by atoms with Crippen LogP contribution < -0.4 is 0 Å². The second-order valence-electron chi connectivity index (χ2n) is 7.39. The molecule has 0 bridgehead atoms. The zero-order chi connectivity index (χ0) is 19.3. The first-order valence-electron chi connectivity index (χ1n) is 10.1. The van der Waals surface area contributed by atoms with Gasteiger partial charge in [0.1, 0.15) is 0 Å². The molecule has 144 valence electrons. The monoisotopic (exact) mass is 375 g/mol. The number of carbonyl (C=O) groups excluding carboxylic acids is 2. The molecule has 0 radical (unpaired) electrons. The molecular weight excluding hydrogens is 350 g/mol. The molecule has 5 nitrogen and oxygen atoms in total. The molecule has 2 heterocycles. The van der Waals surface area contributed by atoms with Crippen molar-refractivity contribution in [2.45, 2.75) is 45.1 Å². The highest BCUT2D eigenvalue weighted by Crippen LogP contribution is 2.30. The van der Waals surface area contributed by atoms with Gasteiger partial charge in [0.25, 0.3) is 11.8 Å². The highest BCUT2D eigenvalue weighted by atomic mass is 16.2. The van der Waals surface area contributed by atoms with Crippen molar-refractivity contribution in [1.29, 1.82) is 0 Å². The first-order valence-corrected chi connectivity index (χ1v) is 10.1. The molecule has 0 N–H and O–H groups in total. The molecule has 0 spiro atoms. The highest BCUT2D eigenvalue weighted by molar-refractivity contribution is 6.25. The largest absolute Gasteiger partial charge is 0.337 e. The normalized spacial score (nSPS) is 13.5. The molecule has 2 amide bonds. The fourth-order valence-electron chi connectivity index (χ4n) is 3.97. The lowest BCUT2D eigenvalue weighted by Crippen LogP contribution is -2.40. The van der Waals surface area contributed by atoms with Crippen LogP contribution in [-0.2, 0) is 6.54 Å². The van der Waals surface area contributed by atoms with E-state index in [1.54, 1.807) is 0 Å². The van der Waals surface area contributed by atoms with E-state index in [4.69, 9.17) is 0 Å². The van der Waals surface area contributed by atoms with Gasteiger partial charge in [-0.05, 0) is 30.4 Å². The fourth-order valence-corrected chi connectivity index (χ4v) is 3.97. The third-order valence-electron chi connectivity index (χ3n) is 5.46. The van der Waals surface area contributed by atoms with Crippen molar-refractivity contribution in [2.75, 3.05) is 6.54 Å². The van der Waals surface area contributed by atoms with E-state index in [9.17, 15) is 9.59 Å². The molecule has 2 aromatic carbocycles. The van der Waals surface area contributed by atoms with Crippen molar-refractivity contribution < 1.29 is 9.59 Å². The van der Waals surface area contributed by atoms with E-state index >= 15 is 0 Å². The third kappa shape index (κ3) is 3.70. The van der Waals surface area contributed by atoms with Crippen LogP contribution in [0.5, 0.6) is 0 Å². The highest BCUT2D eigenvalue weighted by Gasteiger charge is 2.31. The van der Waals surface area contributed by atoms with Crippen LogP contribution in [0.3, 0.4) is 0 Å². The fraction of sp³-hybridized carbons (Fsp3) is 0.348. The van der Waals surface area contributed by atoms with Gasteiger partial charge in [0, 0.05) is 42.0 Å². The summed E-state index contributed by atoms with van der Waals surface area (Å²) in [6.07, 6.45) is 12.2. The SMILES string of the molecule is O=C1c2cccc3cccc(c23)C(=O)N1CCCCCCCCn1ccnc1. The van der Waals surface area contributed by atoms with Crippen molar-refractivity contribution >= 4 is 22.6 Å². The van der Waals surface area contributed by atoms with E-state index in [0.29, 0.717) is 17.7 Å². The molecule has 0 atom stereocenters. The minimum atomic E-state index is -0.158. The number of hydrogen-bond donors (Lipinski definition) is 0. The molecule has 0 saturated heterocycles. The minimum Gasteiger partial charge on any atom is -0.337 e. The number of benzene rings is 2. The Hall–Kier alpha value is -2.95. The lowest BCUT2D eigenvalue weighted by Gasteiger charge is -2.27. The van der Waals surface area contributed by atoms with Crippen molar-refractivity contribution in [2.24, 2.45) is 0 Å². The van der Waals surface area contributed by atoms with E-state index in [1.807, 2.05) is 55.1 Å². The van der Waals surface area contributed by atoms with Crippen molar-refractivity contribution in [1.82, 2.24) is 14.5 Å². The van der Waals surface area contributed by atoms with Crippen LogP contribution in [0.2, 0.25) is 0 Å². The van der Waals surface area contributed by atoms with E-state index in [0.717, 1.165) is 43.0 Å². The Morgan fingerprint density at radius 3 is 1.96 bits per heavy atom. The summed E-state index contributed by atoms with van der Waals surface area (Å²) >= 11 is 0.